The zero-order valence-electron chi connectivity index (χ0n) is 16.3. The van der Waals surface area contributed by atoms with E-state index in [-0.39, 0.29) is 18.7 Å². The summed E-state index contributed by atoms with van der Waals surface area (Å²) in [4.78, 5) is 22.1. The van der Waals surface area contributed by atoms with Gasteiger partial charge in [0, 0.05) is 13.0 Å². The van der Waals surface area contributed by atoms with Gasteiger partial charge in [-0.2, -0.15) is 0 Å². The van der Waals surface area contributed by atoms with Crippen LogP contribution in [0.4, 0.5) is 0 Å². The lowest BCUT2D eigenvalue weighted by molar-refractivity contribution is -0.138. The van der Waals surface area contributed by atoms with Gasteiger partial charge in [0.15, 0.2) is 0 Å². The second-order valence-corrected chi connectivity index (χ2v) is 6.71. The van der Waals surface area contributed by atoms with Crippen molar-refractivity contribution < 1.29 is 24.2 Å². The topological polar surface area (TPSA) is 84.9 Å². The third-order valence-electron chi connectivity index (χ3n) is 4.10. The maximum Gasteiger partial charge on any atom is 0.303 e. The van der Waals surface area contributed by atoms with Crippen LogP contribution in [0, 0.1) is 0 Å². The van der Waals surface area contributed by atoms with Crippen molar-refractivity contribution in [2.75, 3.05) is 13.2 Å². The van der Waals surface area contributed by atoms with Crippen LogP contribution < -0.4 is 14.8 Å². The van der Waals surface area contributed by atoms with E-state index < -0.39 is 5.97 Å². The molecule has 0 spiro atoms. The van der Waals surface area contributed by atoms with E-state index in [0.717, 1.165) is 11.3 Å². The molecule has 0 unspecified atom stereocenters. The smallest absolute Gasteiger partial charge is 0.303 e. The Kier molecular flexibility index (Phi) is 8.34. The van der Waals surface area contributed by atoms with Crippen molar-refractivity contribution in [2.24, 2.45) is 0 Å². The van der Waals surface area contributed by atoms with Crippen LogP contribution in [0.15, 0.2) is 48.5 Å². The van der Waals surface area contributed by atoms with Crippen molar-refractivity contribution in [1.82, 2.24) is 5.32 Å². The number of carbonyl (C=O) groups excluding carboxylic acids is 1. The number of carbonyl (C=O) groups is 2. The maximum absolute atomic E-state index is 11.6. The Morgan fingerprint density at radius 2 is 1.75 bits per heavy atom. The average Bonchev–Trinajstić information content (AvgIpc) is 2.68. The molecular weight excluding hydrogens is 358 g/mol. The number of hydrogen-bond donors (Lipinski definition) is 2. The van der Waals surface area contributed by atoms with E-state index in [1.54, 1.807) is 0 Å². The molecule has 6 heteroatoms. The summed E-state index contributed by atoms with van der Waals surface area (Å²) in [6.45, 7) is 5.42. The van der Waals surface area contributed by atoms with Crippen molar-refractivity contribution in [2.45, 2.75) is 39.2 Å². The van der Waals surface area contributed by atoms with E-state index in [1.807, 2.05) is 42.5 Å². The van der Waals surface area contributed by atoms with E-state index in [0.29, 0.717) is 31.4 Å². The van der Waals surface area contributed by atoms with Crippen LogP contribution in [0.2, 0.25) is 0 Å². The molecule has 0 aliphatic heterocycles. The number of amides is 1. The van der Waals surface area contributed by atoms with Gasteiger partial charge in [-0.15, -0.1) is 0 Å². The van der Waals surface area contributed by atoms with Gasteiger partial charge in [0.05, 0.1) is 6.42 Å². The fourth-order valence-electron chi connectivity index (χ4n) is 2.65. The van der Waals surface area contributed by atoms with Crippen molar-refractivity contribution in [3.63, 3.8) is 0 Å². The van der Waals surface area contributed by atoms with E-state index in [1.165, 1.54) is 5.56 Å². The summed E-state index contributed by atoms with van der Waals surface area (Å²) >= 11 is 0. The van der Waals surface area contributed by atoms with Crippen molar-refractivity contribution in [3.8, 4) is 11.5 Å². The first-order valence-corrected chi connectivity index (χ1v) is 9.37. The number of para-hydroxylation sites is 1. The Morgan fingerprint density at radius 3 is 2.50 bits per heavy atom. The lowest BCUT2D eigenvalue weighted by atomic mass is 10.0. The standard InChI is InChI=1S/C22H27NO5/c1-16(2)19-8-3-4-9-20(19)28-13-12-27-18-7-5-6-17(14-18)15-23-21(24)10-11-22(25)26/h3-9,14,16H,10-13,15H2,1-2H3,(H,23,24)(H,25,26). The number of ether oxygens (including phenoxy) is 2. The lowest BCUT2D eigenvalue weighted by Crippen LogP contribution is -2.23. The molecule has 150 valence electrons. The van der Waals surface area contributed by atoms with Gasteiger partial charge >= 0.3 is 5.97 Å². The summed E-state index contributed by atoms with van der Waals surface area (Å²) in [5.74, 6) is 0.686. The molecule has 0 saturated heterocycles. The Morgan fingerprint density at radius 1 is 1.00 bits per heavy atom. The van der Waals surface area contributed by atoms with Crippen LogP contribution >= 0.6 is 0 Å². The summed E-state index contributed by atoms with van der Waals surface area (Å²) in [6.07, 6.45) is -0.199. The molecule has 0 bridgehead atoms. The molecule has 28 heavy (non-hydrogen) atoms. The quantitative estimate of drug-likeness (QED) is 0.576. The highest BCUT2D eigenvalue weighted by Crippen LogP contribution is 2.25. The molecule has 2 aromatic rings. The highest BCUT2D eigenvalue weighted by Gasteiger charge is 2.07. The van der Waals surface area contributed by atoms with Gasteiger partial charge in [0.1, 0.15) is 24.7 Å². The summed E-state index contributed by atoms with van der Waals surface area (Å²) < 4.78 is 11.6. The van der Waals surface area contributed by atoms with Gasteiger partial charge in [-0.3, -0.25) is 9.59 Å². The predicted octanol–water partition coefficient (Wildman–Crippen LogP) is 3.75. The molecule has 0 aromatic heterocycles. The Balaban J connectivity index is 1.77. The van der Waals surface area contributed by atoms with Gasteiger partial charge in [-0.25, -0.2) is 0 Å². The van der Waals surface area contributed by atoms with Crippen molar-refractivity contribution in [1.29, 1.82) is 0 Å². The summed E-state index contributed by atoms with van der Waals surface area (Å²) in [5, 5.41) is 11.3. The number of rotatable bonds is 11. The molecule has 0 aliphatic rings. The molecule has 2 N–H and O–H groups in total. The highest BCUT2D eigenvalue weighted by molar-refractivity contribution is 5.80. The monoisotopic (exact) mass is 385 g/mol. The number of aliphatic carboxylic acids is 1. The van der Waals surface area contributed by atoms with Crippen LogP contribution in [0.3, 0.4) is 0 Å². The zero-order chi connectivity index (χ0) is 20.4. The first-order valence-electron chi connectivity index (χ1n) is 9.37. The van der Waals surface area contributed by atoms with E-state index in [4.69, 9.17) is 14.6 Å². The fraction of sp³-hybridized carbons (Fsp3) is 0.364. The number of nitrogens with one attached hydrogen (secondary N) is 1. The molecular formula is C22H27NO5. The number of benzene rings is 2. The molecule has 2 rings (SSSR count). The van der Waals surface area contributed by atoms with Crippen LogP contribution in [0.1, 0.15) is 43.7 Å². The molecule has 0 aliphatic carbocycles. The second kappa shape index (κ2) is 11.0. The van der Waals surface area contributed by atoms with E-state index >= 15 is 0 Å². The van der Waals surface area contributed by atoms with Gasteiger partial charge < -0.3 is 19.9 Å². The van der Waals surface area contributed by atoms with Gasteiger partial charge in [-0.05, 0) is 35.2 Å². The largest absolute Gasteiger partial charge is 0.490 e. The minimum atomic E-state index is -0.983. The summed E-state index contributed by atoms with van der Waals surface area (Å²) in [7, 11) is 0. The van der Waals surface area contributed by atoms with Crippen LogP contribution in [0.5, 0.6) is 11.5 Å². The third-order valence-corrected chi connectivity index (χ3v) is 4.10. The van der Waals surface area contributed by atoms with Crippen LogP contribution in [-0.4, -0.2) is 30.2 Å². The first-order chi connectivity index (χ1) is 13.5. The van der Waals surface area contributed by atoms with Crippen molar-refractivity contribution >= 4 is 11.9 Å². The fourth-order valence-corrected chi connectivity index (χ4v) is 2.65. The second-order valence-electron chi connectivity index (χ2n) is 6.71. The van der Waals surface area contributed by atoms with Crippen molar-refractivity contribution in [3.05, 3.63) is 59.7 Å². The molecule has 1 amide bonds. The third kappa shape index (κ3) is 7.31. The highest BCUT2D eigenvalue weighted by atomic mass is 16.5. The molecule has 6 nitrogen and oxygen atoms in total. The average molecular weight is 385 g/mol. The normalized spacial score (nSPS) is 10.5. The Labute approximate surface area is 165 Å². The van der Waals surface area contributed by atoms with E-state index in [2.05, 4.69) is 25.2 Å². The SMILES string of the molecule is CC(C)c1ccccc1OCCOc1cccc(CNC(=O)CCC(=O)O)c1. The number of hydrogen-bond acceptors (Lipinski definition) is 4. The predicted molar refractivity (Wildman–Crippen MR) is 107 cm³/mol. The summed E-state index contributed by atoms with van der Waals surface area (Å²) in [6, 6.07) is 15.4. The zero-order valence-corrected chi connectivity index (χ0v) is 16.3. The molecule has 0 radical (unpaired) electrons. The maximum atomic E-state index is 11.6. The lowest BCUT2D eigenvalue weighted by Gasteiger charge is -2.14. The minimum Gasteiger partial charge on any atom is -0.490 e. The Hall–Kier alpha value is -3.02. The van der Waals surface area contributed by atoms with Gasteiger partial charge in [0.2, 0.25) is 5.91 Å². The Bertz CT molecular complexity index is 788. The number of carboxylic acid groups (broad SMARTS) is 1. The van der Waals surface area contributed by atoms with Crippen LogP contribution in [0.25, 0.3) is 0 Å². The number of carboxylic acids is 1. The molecule has 0 heterocycles. The summed E-state index contributed by atoms with van der Waals surface area (Å²) in [5.41, 5.74) is 2.05. The molecule has 0 fully saturated rings. The first kappa shape index (κ1) is 21.3. The van der Waals surface area contributed by atoms with Crippen LogP contribution in [-0.2, 0) is 16.1 Å². The van der Waals surface area contributed by atoms with Gasteiger partial charge in [0.25, 0.3) is 0 Å². The molecule has 0 saturated carbocycles. The van der Waals surface area contributed by atoms with E-state index in [9.17, 15) is 9.59 Å². The minimum absolute atomic E-state index is 0.0271. The van der Waals surface area contributed by atoms with Gasteiger partial charge in [-0.1, -0.05) is 44.2 Å². The molecule has 0 atom stereocenters. The molecule has 2 aromatic carbocycles.